The van der Waals surface area contributed by atoms with Crippen LogP contribution in [-0.2, 0) is 9.59 Å². The molecule has 0 N–H and O–H groups in total. The number of amides is 1. The van der Waals surface area contributed by atoms with Crippen LogP contribution in [0.15, 0.2) is 12.7 Å². The first-order valence-corrected chi connectivity index (χ1v) is 4.57. The molecule has 0 aromatic carbocycles. The fourth-order valence-electron chi connectivity index (χ4n) is 0.500. The number of carbonyl (C=O) groups is 2. The van der Waals surface area contributed by atoms with Gasteiger partial charge in [-0.05, 0) is 6.08 Å². The van der Waals surface area contributed by atoms with Crippen LogP contribution in [0.2, 0.25) is 0 Å². The van der Waals surface area contributed by atoms with E-state index in [2.05, 4.69) is 6.58 Å². The first-order valence-electron chi connectivity index (χ1n) is 3.59. The van der Waals surface area contributed by atoms with E-state index in [0.717, 1.165) is 0 Å². The van der Waals surface area contributed by atoms with Crippen molar-refractivity contribution in [1.29, 1.82) is 0 Å². The summed E-state index contributed by atoms with van der Waals surface area (Å²) in [6, 6.07) is 0. The van der Waals surface area contributed by atoms with Crippen LogP contribution in [0.1, 0.15) is 6.92 Å². The Kier molecular flexibility index (Phi) is 5.45. The smallest absolute Gasteiger partial charge is 0.219 e. The van der Waals surface area contributed by atoms with Crippen molar-refractivity contribution in [3.05, 3.63) is 12.7 Å². The van der Waals surface area contributed by atoms with Gasteiger partial charge in [0.15, 0.2) is 0 Å². The minimum absolute atomic E-state index is 0.0154. The Hall–Kier alpha value is -0.770. The molecule has 0 bridgehead atoms. The summed E-state index contributed by atoms with van der Waals surface area (Å²) >= 11 is 1.17. The number of thioether (sulfide) groups is 1. The molecule has 0 radical (unpaired) electrons. The fourth-order valence-corrected chi connectivity index (χ4v) is 1.18. The molecule has 0 aliphatic carbocycles. The normalized spacial score (nSPS) is 9.17. The van der Waals surface area contributed by atoms with Gasteiger partial charge in [0.25, 0.3) is 0 Å². The Balaban J connectivity index is 3.49. The van der Waals surface area contributed by atoms with Gasteiger partial charge in [-0.1, -0.05) is 18.3 Å². The molecule has 0 fully saturated rings. The van der Waals surface area contributed by atoms with E-state index in [1.807, 2.05) is 0 Å². The first-order chi connectivity index (χ1) is 5.57. The zero-order chi connectivity index (χ0) is 9.56. The van der Waals surface area contributed by atoms with Gasteiger partial charge in [0, 0.05) is 26.3 Å². The molecule has 0 aromatic rings. The second-order valence-electron chi connectivity index (χ2n) is 2.31. The van der Waals surface area contributed by atoms with Gasteiger partial charge in [0.1, 0.15) is 0 Å². The highest BCUT2D eigenvalue weighted by Gasteiger charge is 2.02. The third-order valence-electron chi connectivity index (χ3n) is 1.38. The highest BCUT2D eigenvalue weighted by Crippen LogP contribution is 2.02. The Bertz CT molecular complexity index is 191. The van der Waals surface area contributed by atoms with Crippen molar-refractivity contribution in [2.75, 3.05) is 19.3 Å². The minimum atomic E-state index is -0.0491. The van der Waals surface area contributed by atoms with Crippen molar-refractivity contribution in [2.24, 2.45) is 0 Å². The lowest BCUT2D eigenvalue weighted by Gasteiger charge is -2.12. The van der Waals surface area contributed by atoms with Crippen molar-refractivity contribution in [3.8, 4) is 0 Å². The van der Waals surface area contributed by atoms with E-state index < -0.39 is 0 Å². The average Bonchev–Trinajstić information content (AvgIpc) is 2.03. The molecule has 1 amide bonds. The van der Waals surface area contributed by atoms with Crippen molar-refractivity contribution >= 4 is 22.8 Å². The molecule has 0 aromatic heterocycles. The van der Waals surface area contributed by atoms with E-state index in [-0.39, 0.29) is 11.0 Å². The number of rotatable bonds is 4. The summed E-state index contributed by atoms with van der Waals surface area (Å²) in [5.41, 5.74) is 0. The molecule has 0 aliphatic rings. The summed E-state index contributed by atoms with van der Waals surface area (Å²) in [4.78, 5) is 23.0. The number of nitrogens with zero attached hydrogens (tertiary/aromatic N) is 1. The SMILES string of the molecule is C=CC(=O)SCCN(C)C(C)=O. The molecule has 68 valence electrons. The number of carbonyl (C=O) groups excluding carboxylic acids is 2. The summed E-state index contributed by atoms with van der Waals surface area (Å²) < 4.78 is 0. The van der Waals surface area contributed by atoms with Gasteiger partial charge >= 0.3 is 0 Å². The van der Waals surface area contributed by atoms with E-state index in [1.165, 1.54) is 24.8 Å². The lowest BCUT2D eigenvalue weighted by atomic mass is 10.5. The van der Waals surface area contributed by atoms with Crippen molar-refractivity contribution in [3.63, 3.8) is 0 Å². The molecular weight excluding hydrogens is 174 g/mol. The molecule has 0 saturated carbocycles. The maximum atomic E-state index is 10.7. The van der Waals surface area contributed by atoms with E-state index >= 15 is 0 Å². The maximum Gasteiger partial charge on any atom is 0.219 e. The lowest BCUT2D eigenvalue weighted by molar-refractivity contribution is -0.127. The van der Waals surface area contributed by atoms with Crippen LogP contribution in [0.5, 0.6) is 0 Å². The third-order valence-corrected chi connectivity index (χ3v) is 2.21. The van der Waals surface area contributed by atoms with Crippen LogP contribution in [0.4, 0.5) is 0 Å². The largest absolute Gasteiger partial charge is 0.345 e. The van der Waals surface area contributed by atoms with E-state index in [4.69, 9.17) is 0 Å². The Morgan fingerprint density at radius 2 is 2.17 bits per heavy atom. The second-order valence-corrected chi connectivity index (χ2v) is 3.41. The summed E-state index contributed by atoms with van der Waals surface area (Å²) in [5.74, 6) is 0.641. The second kappa shape index (κ2) is 5.83. The van der Waals surface area contributed by atoms with E-state index in [0.29, 0.717) is 12.3 Å². The predicted octanol–water partition coefficient (Wildman–Crippen LogP) is 0.911. The van der Waals surface area contributed by atoms with Gasteiger partial charge in [-0.3, -0.25) is 9.59 Å². The number of hydrogen-bond donors (Lipinski definition) is 0. The first kappa shape index (κ1) is 11.2. The van der Waals surface area contributed by atoms with Gasteiger partial charge in [-0.2, -0.15) is 0 Å². The summed E-state index contributed by atoms with van der Waals surface area (Å²) in [5, 5.41) is -0.0491. The molecule has 0 rings (SSSR count). The summed E-state index contributed by atoms with van der Waals surface area (Å²) in [7, 11) is 1.71. The molecule has 0 saturated heterocycles. The lowest BCUT2D eigenvalue weighted by Crippen LogP contribution is -2.26. The molecule has 0 heterocycles. The van der Waals surface area contributed by atoms with E-state index in [9.17, 15) is 9.59 Å². The zero-order valence-corrected chi connectivity index (χ0v) is 8.19. The average molecular weight is 187 g/mol. The van der Waals surface area contributed by atoms with Crippen molar-refractivity contribution in [2.45, 2.75) is 6.92 Å². The van der Waals surface area contributed by atoms with Crippen LogP contribution < -0.4 is 0 Å². The highest BCUT2D eigenvalue weighted by molar-refractivity contribution is 8.14. The molecule has 0 unspecified atom stereocenters. The molecule has 0 atom stereocenters. The van der Waals surface area contributed by atoms with Gasteiger partial charge in [-0.15, -0.1) is 0 Å². The van der Waals surface area contributed by atoms with E-state index in [1.54, 1.807) is 11.9 Å². The Labute approximate surface area is 76.8 Å². The Morgan fingerprint density at radius 3 is 2.58 bits per heavy atom. The molecule has 12 heavy (non-hydrogen) atoms. The van der Waals surface area contributed by atoms with Crippen LogP contribution in [0.3, 0.4) is 0 Å². The predicted molar refractivity (Wildman–Crippen MR) is 51.0 cm³/mol. The molecule has 0 spiro atoms. The van der Waals surface area contributed by atoms with Gasteiger partial charge < -0.3 is 4.90 Å². The molecule has 0 aliphatic heterocycles. The zero-order valence-electron chi connectivity index (χ0n) is 7.37. The van der Waals surface area contributed by atoms with Crippen LogP contribution in [0.25, 0.3) is 0 Å². The van der Waals surface area contributed by atoms with Crippen molar-refractivity contribution in [1.82, 2.24) is 4.90 Å². The molecule has 4 heteroatoms. The van der Waals surface area contributed by atoms with Crippen LogP contribution in [-0.4, -0.2) is 35.3 Å². The Morgan fingerprint density at radius 1 is 1.58 bits per heavy atom. The van der Waals surface area contributed by atoms with Crippen LogP contribution >= 0.6 is 11.8 Å². The standard InChI is InChI=1S/C8H13NO2S/c1-4-8(11)12-6-5-9(3)7(2)10/h4H,1,5-6H2,2-3H3. The quantitative estimate of drug-likeness (QED) is 0.614. The monoisotopic (exact) mass is 187 g/mol. The topological polar surface area (TPSA) is 37.4 Å². The van der Waals surface area contributed by atoms with Gasteiger partial charge in [0.2, 0.25) is 11.0 Å². The molecule has 3 nitrogen and oxygen atoms in total. The highest BCUT2D eigenvalue weighted by atomic mass is 32.2. The minimum Gasteiger partial charge on any atom is -0.345 e. The van der Waals surface area contributed by atoms with Gasteiger partial charge in [0.05, 0.1) is 0 Å². The molecular formula is C8H13NO2S. The number of hydrogen-bond acceptors (Lipinski definition) is 3. The van der Waals surface area contributed by atoms with Gasteiger partial charge in [-0.25, -0.2) is 0 Å². The summed E-state index contributed by atoms with van der Waals surface area (Å²) in [6.07, 6.45) is 1.28. The van der Waals surface area contributed by atoms with Crippen molar-refractivity contribution < 1.29 is 9.59 Å². The third kappa shape index (κ3) is 4.96. The summed E-state index contributed by atoms with van der Waals surface area (Å²) in [6.45, 7) is 5.44. The van der Waals surface area contributed by atoms with Crippen LogP contribution in [0, 0.1) is 0 Å². The fraction of sp³-hybridized carbons (Fsp3) is 0.500. The maximum absolute atomic E-state index is 10.7.